The van der Waals surface area contributed by atoms with E-state index in [4.69, 9.17) is 19.7 Å². The minimum Gasteiger partial charge on any atom is -0.394 e. The minimum atomic E-state index is -1.52. The lowest BCUT2D eigenvalue weighted by Gasteiger charge is -2.40. The first-order valence-corrected chi connectivity index (χ1v) is 14.3. The van der Waals surface area contributed by atoms with Crippen LogP contribution >= 0.6 is 0 Å². The summed E-state index contributed by atoms with van der Waals surface area (Å²) in [4.78, 5) is 24.3. The van der Waals surface area contributed by atoms with E-state index >= 15 is 0 Å². The fourth-order valence-corrected chi connectivity index (χ4v) is 5.01. The number of unbranched alkanes of at least 4 members (excludes halogenated alkanes) is 9. The Morgan fingerprint density at radius 1 is 0.500 bits per heavy atom. The van der Waals surface area contributed by atoms with Gasteiger partial charge in [-0.2, -0.15) is 0 Å². The van der Waals surface area contributed by atoms with E-state index in [0.717, 1.165) is 51.4 Å². The van der Waals surface area contributed by atoms with Crippen LogP contribution in [0.4, 0.5) is 0 Å². The van der Waals surface area contributed by atoms with Gasteiger partial charge in [-0.1, -0.05) is 51.4 Å². The van der Waals surface area contributed by atoms with Crippen molar-refractivity contribution < 1.29 is 59.9 Å². The number of ether oxygens (including phenoxy) is 2. The zero-order valence-corrected chi connectivity index (χ0v) is 22.9. The first-order chi connectivity index (χ1) is 19.1. The molecule has 2 amide bonds. The molecule has 2 saturated heterocycles. The first-order valence-electron chi connectivity index (χ1n) is 14.3. The predicted molar refractivity (Wildman–Crippen MR) is 139 cm³/mol. The van der Waals surface area contributed by atoms with Crippen LogP contribution in [0.3, 0.4) is 0 Å². The van der Waals surface area contributed by atoms with Crippen molar-refractivity contribution in [2.75, 3.05) is 13.2 Å². The Bertz CT molecular complexity index is 686. The highest BCUT2D eigenvalue weighted by Crippen LogP contribution is 2.21. The van der Waals surface area contributed by atoms with Gasteiger partial charge in [-0.05, 0) is 12.8 Å². The number of nitrogens with one attached hydrogen (secondary N) is 2. The van der Waals surface area contributed by atoms with Gasteiger partial charge in [-0.15, -0.1) is 0 Å². The quantitative estimate of drug-likeness (QED) is 0.0804. The van der Waals surface area contributed by atoms with Crippen molar-refractivity contribution in [1.29, 1.82) is 0 Å². The number of hydrogen-bond acceptors (Lipinski definition) is 12. The third kappa shape index (κ3) is 10.7. The fourth-order valence-electron chi connectivity index (χ4n) is 5.01. The molecule has 0 bridgehead atoms. The highest BCUT2D eigenvalue weighted by atomic mass is 16.6. The fraction of sp³-hybridized carbons (Fsp3) is 0.923. The van der Waals surface area contributed by atoms with Crippen LogP contribution < -0.4 is 10.6 Å². The Morgan fingerprint density at radius 3 is 1.10 bits per heavy atom. The summed E-state index contributed by atoms with van der Waals surface area (Å²) in [5.41, 5.74) is 0. The number of carbonyl (C=O) groups excluding carboxylic acids is 2. The molecular weight excluding hydrogens is 532 g/mol. The first kappa shape index (κ1) is 34.7. The standard InChI is InChI=1S/C26H48N2O12/c29-13-15-21(33)23(35)19(25(37)39-15)27-17(31)11-9-7-5-3-1-2-4-6-8-10-12-18(32)28-20-24(36)22(34)16(14-30)40-26(20)38/h15-16,19-26,29-30,33-38H,1-14H2,(H,27,31)(H,28,32)/t15-,16-,19-,20-,21-,22-,23-,24-,25+,26+/m1/s1. The van der Waals surface area contributed by atoms with Crippen LogP contribution in [0.1, 0.15) is 77.0 Å². The van der Waals surface area contributed by atoms with Crippen molar-refractivity contribution in [2.24, 2.45) is 0 Å². The van der Waals surface area contributed by atoms with E-state index in [1.54, 1.807) is 0 Å². The number of hydrogen-bond donors (Lipinski definition) is 10. The van der Waals surface area contributed by atoms with Crippen LogP contribution in [0, 0.1) is 0 Å². The summed E-state index contributed by atoms with van der Waals surface area (Å²) < 4.78 is 10.1. The van der Waals surface area contributed by atoms with E-state index < -0.39 is 74.5 Å². The van der Waals surface area contributed by atoms with Crippen molar-refractivity contribution >= 4 is 11.8 Å². The van der Waals surface area contributed by atoms with E-state index in [-0.39, 0.29) is 24.7 Å². The summed E-state index contributed by atoms with van der Waals surface area (Å²) in [5, 5.41) is 82.9. The molecule has 2 fully saturated rings. The molecule has 10 N–H and O–H groups in total. The Morgan fingerprint density at radius 2 is 0.800 bits per heavy atom. The number of rotatable bonds is 17. The van der Waals surface area contributed by atoms with Crippen molar-refractivity contribution in [3.05, 3.63) is 0 Å². The normalized spacial score (nSPS) is 34.4. The van der Waals surface area contributed by atoms with Gasteiger partial charge >= 0.3 is 0 Å². The summed E-state index contributed by atoms with van der Waals surface area (Å²) >= 11 is 0. The van der Waals surface area contributed by atoms with Gasteiger partial charge in [-0.3, -0.25) is 9.59 Å². The van der Waals surface area contributed by atoms with Gasteiger partial charge in [0, 0.05) is 12.8 Å². The molecule has 0 aliphatic carbocycles. The smallest absolute Gasteiger partial charge is 0.220 e. The second-order valence-corrected chi connectivity index (χ2v) is 10.7. The molecule has 0 radical (unpaired) electrons. The van der Waals surface area contributed by atoms with Gasteiger partial charge in [0.15, 0.2) is 12.6 Å². The lowest BCUT2D eigenvalue weighted by molar-refractivity contribution is -0.253. The molecule has 14 nitrogen and oxygen atoms in total. The third-order valence-electron chi connectivity index (χ3n) is 7.51. The summed E-state index contributed by atoms with van der Waals surface area (Å²) in [7, 11) is 0. The van der Waals surface area contributed by atoms with Gasteiger partial charge < -0.3 is 61.0 Å². The lowest BCUT2D eigenvalue weighted by Crippen LogP contribution is -2.64. The largest absolute Gasteiger partial charge is 0.394 e. The molecule has 2 heterocycles. The summed E-state index contributed by atoms with van der Waals surface area (Å²) in [6.45, 7) is -1.13. The molecule has 0 aromatic rings. The van der Waals surface area contributed by atoms with E-state index in [0.29, 0.717) is 12.8 Å². The SMILES string of the molecule is O=C(CCCCCCCCCCCCC(=O)N[C@@H]1[C@@H](O)[C@H](O)[C@@H](CO)O[C@@H]1O)N[C@@H]1[C@@H](O)[C@H](O)[C@@H](CO)O[C@@H]1O. The number of amides is 2. The molecule has 2 aliphatic heterocycles. The molecule has 0 aromatic carbocycles. The maximum atomic E-state index is 12.1. The van der Waals surface area contributed by atoms with Crippen LogP contribution in [0.2, 0.25) is 0 Å². The summed E-state index contributed by atoms with van der Waals surface area (Å²) in [5.74, 6) is -0.718. The molecule has 14 heteroatoms. The number of aliphatic hydroxyl groups is 8. The Balaban J connectivity index is 1.43. The van der Waals surface area contributed by atoms with Crippen molar-refractivity contribution in [1.82, 2.24) is 10.6 Å². The second-order valence-electron chi connectivity index (χ2n) is 10.7. The zero-order chi connectivity index (χ0) is 29.7. The average molecular weight is 581 g/mol. The summed E-state index contributed by atoms with van der Waals surface area (Å²) in [6.07, 6.45) is -1.41. The molecular formula is C26H48N2O12. The van der Waals surface area contributed by atoms with Gasteiger partial charge in [0.05, 0.1) is 13.2 Å². The minimum absolute atomic E-state index is 0.221. The Kier molecular flexibility index (Phi) is 15.8. The molecule has 0 unspecified atom stereocenters. The van der Waals surface area contributed by atoms with Crippen LogP contribution in [0.5, 0.6) is 0 Å². The lowest BCUT2D eigenvalue weighted by atomic mass is 9.97. The maximum absolute atomic E-state index is 12.1. The van der Waals surface area contributed by atoms with Gasteiger partial charge in [0.25, 0.3) is 0 Å². The molecule has 2 rings (SSSR count). The molecule has 0 aromatic heterocycles. The van der Waals surface area contributed by atoms with E-state index in [1.165, 1.54) is 0 Å². The van der Waals surface area contributed by atoms with Crippen LogP contribution in [-0.2, 0) is 19.1 Å². The van der Waals surface area contributed by atoms with Gasteiger partial charge in [0.1, 0.15) is 48.7 Å². The van der Waals surface area contributed by atoms with Crippen LogP contribution in [0.25, 0.3) is 0 Å². The monoisotopic (exact) mass is 580 g/mol. The highest BCUT2D eigenvalue weighted by molar-refractivity contribution is 5.76. The van der Waals surface area contributed by atoms with Gasteiger partial charge in [-0.25, -0.2) is 0 Å². The van der Waals surface area contributed by atoms with Gasteiger partial charge in [0.2, 0.25) is 11.8 Å². The maximum Gasteiger partial charge on any atom is 0.220 e. The summed E-state index contributed by atoms with van der Waals surface area (Å²) in [6, 6.07) is -2.33. The van der Waals surface area contributed by atoms with Crippen LogP contribution in [-0.4, -0.2) is 127 Å². The molecule has 0 spiro atoms. The Hall–Kier alpha value is -1.46. The van der Waals surface area contributed by atoms with E-state index in [2.05, 4.69) is 10.6 Å². The topological polar surface area (TPSA) is 238 Å². The van der Waals surface area contributed by atoms with Crippen molar-refractivity contribution in [3.63, 3.8) is 0 Å². The van der Waals surface area contributed by atoms with Crippen LogP contribution in [0.15, 0.2) is 0 Å². The second kappa shape index (κ2) is 18.2. The molecule has 10 atom stereocenters. The molecule has 2 aliphatic rings. The molecule has 234 valence electrons. The number of carbonyl (C=O) groups is 2. The van der Waals surface area contributed by atoms with E-state index in [9.17, 15) is 40.2 Å². The Labute approximate surface area is 234 Å². The average Bonchev–Trinajstić information content (AvgIpc) is 2.93. The van der Waals surface area contributed by atoms with Crippen molar-refractivity contribution in [3.8, 4) is 0 Å². The molecule has 40 heavy (non-hydrogen) atoms. The third-order valence-corrected chi connectivity index (χ3v) is 7.51. The molecule has 0 saturated carbocycles. The van der Waals surface area contributed by atoms with E-state index in [1.807, 2.05) is 0 Å². The zero-order valence-electron chi connectivity index (χ0n) is 22.9. The predicted octanol–water partition coefficient (Wildman–Crippen LogP) is -2.50. The number of aliphatic hydroxyl groups excluding tert-OH is 8. The highest BCUT2D eigenvalue weighted by Gasteiger charge is 2.45. The van der Waals surface area contributed by atoms with Crippen molar-refractivity contribution in [2.45, 2.75) is 138 Å².